The van der Waals surface area contributed by atoms with Crippen molar-refractivity contribution in [3.05, 3.63) is 18.2 Å². The number of rotatable bonds is 3. The number of carbonyl (C=O) groups is 1. The zero-order chi connectivity index (χ0) is 12.6. The summed E-state index contributed by atoms with van der Waals surface area (Å²) in [7, 11) is 0. The van der Waals surface area contributed by atoms with E-state index in [0.717, 1.165) is 12.2 Å². The van der Waals surface area contributed by atoms with E-state index < -0.39 is 0 Å². The number of hydrogen-bond donors (Lipinski definition) is 1. The summed E-state index contributed by atoms with van der Waals surface area (Å²) in [6.45, 7) is 7.08. The molecule has 1 amide bonds. The van der Waals surface area contributed by atoms with Crippen LogP contribution in [0.1, 0.15) is 20.8 Å². The molecule has 1 heterocycles. The average molecular weight is 234 g/mol. The number of ether oxygens (including phenoxy) is 1. The fourth-order valence-electron chi connectivity index (χ4n) is 2.03. The third kappa shape index (κ3) is 1.95. The van der Waals surface area contributed by atoms with Crippen molar-refractivity contribution in [3.8, 4) is 5.75 Å². The molecule has 0 saturated carbocycles. The molecular weight excluding hydrogens is 216 g/mol. The van der Waals surface area contributed by atoms with Crippen LogP contribution >= 0.6 is 0 Å². The zero-order valence-electron chi connectivity index (χ0n) is 10.5. The van der Waals surface area contributed by atoms with E-state index in [1.165, 1.54) is 0 Å². The summed E-state index contributed by atoms with van der Waals surface area (Å²) >= 11 is 0. The highest BCUT2D eigenvalue weighted by atomic mass is 16.5. The number of benzene rings is 1. The molecule has 0 bridgehead atoms. The van der Waals surface area contributed by atoms with E-state index in [-0.39, 0.29) is 11.3 Å². The molecule has 0 radical (unpaired) electrons. The van der Waals surface area contributed by atoms with Gasteiger partial charge in [0.05, 0.1) is 17.7 Å². The van der Waals surface area contributed by atoms with Crippen LogP contribution in [0.15, 0.2) is 18.2 Å². The quantitative estimate of drug-likeness (QED) is 0.643. The molecule has 92 valence electrons. The van der Waals surface area contributed by atoms with Gasteiger partial charge in [-0.05, 0) is 32.9 Å². The minimum absolute atomic E-state index is 0.128. The van der Waals surface area contributed by atoms with Crippen LogP contribution in [0.5, 0.6) is 5.75 Å². The van der Waals surface area contributed by atoms with Crippen LogP contribution in [0.4, 0.5) is 11.4 Å². The van der Waals surface area contributed by atoms with Crippen molar-refractivity contribution in [3.63, 3.8) is 0 Å². The number of anilines is 2. The SMILES string of the molecule is CCOc1cc(N)ccc1N1CC(C)(C)C1=O. The molecule has 2 N–H and O–H groups in total. The van der Waals surface area contributed by atoms with Crippen molar-refractivity contribution >= 4 is 17.3 Å². The molecule has 1 fully saturated rings. The molecule has 0 atom stereocenters. The lowest BCUT2D eigenvalue weighted by molar-refractivity contribution is -0.132. The summed E-state index contributed by atoms with van der Waals surface area (Å²) in [6.07, 6.45) is 0. The first-order valence-corrected chi connectivity index (χ1v) is 5.80. The van der Waals surface area contributed by atoms with Gasteiger partial charge in [-0.2, -0.15) is 0 Å². The molecule has 4 nitrogen and oxygen atoms in total. The largest absolute Gasteiger partial charge is 0.492 e. The highest BCUT2D eigenvalue weighted by Gasteiger charge is 2.45. The Morgan fingerprint density at radius 1 is 1.47 bits per heavy atom. The van der Waals surface area contributed by atoms with E-state index in [0.29, 0.717) is 18.0 Å². The molecule has 0 spiro atoms. The first kappa shape index (κ1) is 11.8. The molecule has 1 aromatic rings. The van der Waals surface area contributed by atoms with Crippen molar-refractivity contribution < 1.29 is 9.53 Å². The van der Waals surface area contributed by atoms with Crippen molar-refractivity contribution in [2.45, 2.75) is 20.8 Å². The van der Waals surface area contributed by atoms with Crippen molar-refractivity contribution in [2.75, 3.05) is 23.8 Å². The summed E-state index contributed by atoms with van der Waals surface area (Å²) in [5.41, 5.74) is 6.92. The highest BCUT2D eigenvalue weighted by molar-refractivity contribution is 6.05. The second-order valence-electron chi connectivity index (χ2n) is 4.94. The highest BCUT2D eigenvalue weighted by Crippen LogP contribution is 2.40. The fraction of sp³-hybridized carbons (Fsp3) is 0.462. The van der Waals surface area contributed by atoms with Gasteiger partial charge in [0.2, 0.25) is 5.91 Å². The fourth-order valence-corrected chi connectivity index (χ4v) is 2.03. The number of nitrogen functional groups attached to an aromatic ring is 1. The Kier molecular flexibility index (Phi) is 2.73. The maximum absolute atomic E-state index is 12.0. The maximum Gasteiger partial charge on any atom is 0.234 e. The standard InChI is InChI=1S/C13H18N2O2/c1-4-17-11-7-9(14)5-6-10(11)15-8-13(2,3)12(15)16/h5-7H,4,8,14H2,1-3H3. The number of nitrogens with two attached hydrogens (primary N) is 1. The number of amides is 1. The Balaban J connectivity index is 2.30. The van der Waals surface area contributed by atoms with Gasteiger partial charge in [0, 0.05) is 18.3 Å². The number of β-lactam (4-membered cyclic amide) rings is 1. The smallest absolute Gasteiger partial charge is 0.234 e. The van der Waals surface area contributed by atoms with Gasteiger partial charge in [0.15, 0.2) is 0 Å². The summed E-state index contributed by atoms with van der Waals surface area (Å²) in [4.78, 5) is 13.7. The lowest BCUT2D eigenvalue weighted by Crippen LogP contribution is -2.58. The molecular formula is C13H18N2O2. The van der Waals surface area contributed by atoms with Crippen molar-refractivity contribution in [1.29, 1.82) is 0 Å². The number of carbonyl (C=O) groups excluding carboxylic acids is 1. The molecule has 1 aliphatic heterocycles. The molecule has 1 saturated heterocycles. The Morgan fingerprint density at radius 3 is 2.71 bits per heavy atom. The van der Waals surface area contributed by atoms with Gasteiger partial charge in [-0.1, -0.05) is 0 Å². The van der Waals surface area contributed by atoms with Gasteiger partial charge in [-0.3, -0.25) is 4.79 Å². The van der Waals surface area contributed by atoms with Crippen molar-refractivity contribution in [1.82, 2.24) is 0 Å². The molecule has 0 aliphatic carbocycles. The minimum atomic E-state index is -0.259. The van der Waals surface area contributed by atoms with E-state index in [2.05, 4.69) is 0 Å². The van der Waals surface area contributed by atoms with Crippen LogP contribution in [-0.4, -0.2) is 19.1 Å². The van der Waals surface area contributed by atoms with E-state index in [4.69, 9.17) is 10.5 Å². The van der Waals surface area contributed by atoms with E-state index >= 15 is 0 Å². The molecule has 0 aromatic heterocycles. The summed E-state index contributed by atoms with van der Waals surface area (Å²) in [5.74, 6) is 0.805. The predicted octanol–water partition coefficient (Wildman–Crippen LogP) is 2.04. The normalized spacial score (nSPS) is 17.8. The van der Waals surface area contributed by atoms with Crippen LogP contribution in [-0.2, 0) is 4.79 Å². The van der Waals surface area contributed by atoms with Gasteiger partial charge in [-0.25, -0.2) is 0 Å². The summed E-state index contributed by atoms with van der Waals surface area (Å²) in [6, 6.07) is 5.39. The lowest BCUT2D eigenvalue weighted by Gasteiger charge is -2.44. The van der Waals surface area contributed by atoms with Gasteiger partial charge in [0.1, 0.15) is 5.75 Å². The first-order valence-electron chi connectivity index (χ1n) is 5.80. The van der Waals surface area contributed by atoms with E-state index in [1.54, 1.807) is 17.0 Å². The Bertz CT molecular complexity index is 455. The van der Waals surface area contributed by atoms with Gasteiger partial charge in [0.25, 0.3) is 0 Å². The van der Waals surface area contributed by atoms with Crippen LogP contribution in [0.25, 0.3) is 0 Å². The second kappa shape index (κ2) is 3.95. The predicted molar refractivity (Wildman–Crippen MR) is 68.2 cm³/mol. The minimum Gasteiger partial charge on any atom is -0.492 e. The summed E-state index contributed by atoms with van der Waals surface area (Å²) in [5, 5.41) is 0. The van der Waals surface area contributed by atoms with Crippen LogP contribution in [0.2, 0.25) is 0 Å². The Morgan fingerprint density at radius 2 is 2.18 bits per heavy atom. The van der Waals surface area contributed by atoms with Crippen molar-refractivity contribution in [2.24, 2.45) is 5.41 Å². The molecule has 0 unspecified atom stereocenters. The van der Waals surface area contributed by atoms with E-state index in [9.17, 15) is 4.79 Å². The molecule has 4 heteroatoms. The maximum atomic E-state index is 12.0. The zero-order valence-corrected chi connectivity index (χ0v) is 10.5. The molecule has 2 rings (SSSR count). The lowest BCUT2D eigenvalue weighted by atomic mass is 9.82. The molecule has 17 heavy (non-hydrogen) atoms. The number of nitrogens with zero attached hydrogens (tertiary/aromatic N) is 1. The third-order valence-corrected chi connectivity index (χ3v) is 2.95. The number of hydrogen-bond acceptors (Lipinski definition) is 3. The van der Waals surface area contributed by atoms with Crippen LogP contribution in [0.3, 0.4) is 0 Å². The third-order valence-electron chi connectivity index (χ3n) is 2.95. The average Bonchev–Trinajstić information content (AvgIpc) is 2.27. The topological polar surface area (TPSA) is 55.6 Å². The Hall–Kier alpha value is -1.71. The Labute approximate surface area is 101 Å². The first-order chi connectivity index (χ1) is 7.95. The van der Waals surface area contributed by atoms with Gasteiger partial charge < -0.3 is 15.4 Å². The molecule has 1 aliphatic rings. The van der Waals surface area contributed by atoms with Gasteiger partial charge >= 0.3 is 0 Å². The van der Waals surface area contributed by atoms with E-state index in [1.807, 2.05) is 26.8 Å². The molecule has 1 aromatic carbocycles. The second-order valence-corrected chi connectivity index (χ2v) is 4.94. The van der Waals surface area contributed by atoms with Crippen LogP contribution in [0, 0.1) is 5.41 Å². The summed E-state index contributed by atoms with van der Waals surface area (Å²) < 4.78 is 5.52. The van der Waals surface area contributed by atoms with Crippen LogP contribution < -0.4 is 15.4 Å². The monoisotopic (exact) mass is 234 g/mol. The van der Waals surface area contributed by atoms with Gasteiger partial charge in [-0.15, -0.1) is 0 Å².